The van der Waals surface area contributed by atoms with Crippen molar-refractivity contribution in [3.8, 4) is 60.8 Å². The molecule has 10 nitrogen and oxygen atoms in total. The van der Waals surface area contributed by atoms with E-state index in [0.717, 1.165) is 118 Å². The molecule has 0 amide bonds. The second-order valence-electron chi connectivity index (χ2n) is 20.8. The molecule has 12 rings (SSSR count). The van der Waals surface area contributed by atoms with Crippen LogP contribution in [0, 0.1) is 5.92 Å². The molecule has 0 aliphatic heterocycles. The Balaban J connectivity index is 0.810. The first-order valence-electron chi connectivity index (χ1n) is 28.7. The van der Waals surface area contributed by atoms with Crippen molar-refractivity contribution in [1.82, 2.24) is 0 Å². The number of methoxy groups -OCH3 is 6. The van der Waals surface area contributed by atoms with Crippen LogP contribution in [0.25, 0.3) is 32.0 Å². The van der Waals surface area contributed by atoms with Crippen molar-refractivity contribution in [2.45, 2.75) is 13.0 Å². The molecule has 0 saturated heterocycles. The van der Waals surface area contributed by atoms with E-state index in [0.29, 0.717) is 0 Å². The number of thiophene rings is 2. The largest absolute Gasteiger partial charge is 0.497 e. The summed E-state index contributed by atoms with van der Waals surface area (Å²) in [5.74, 6) is 4.23. The summed E-state index contributed by atoms with van der Waals surface area (Å²) in [5, 5.41) is 2.17. The molecule has 434 valence electrons. The lowest BCUT2D eigenvalue weighted by Crippen LogP contribution is -2.24. The number of nitrogens with zero attached hydrogens (tertiary/aromatic N) is 4. The van der Waals surface area contributed by atoms with Crippen molar-refractivity contribution in [3.63, 3.8) is 0 Å². The first-order chi connectivity index (χ1) is 42.7. The summed E-state index contributed by atoms with van der Waals surface area (Å²) in [6, 6.07) is 85.0. The maximum atomic E-state index is 5.73. The highest BCUT2D eigenvalue weighted by molar-refractivity contribution is 7.26. The molecule has 1 aliphatic rings. The molecule has 1 aliphatic carbocycles. The van der Waals surface area contributed by atoms with Gasteiger partial charge in [0.05, 0.1) is 41.7 Å². The molecule has 2 heterocycles. The van der Waals surface area contributed by atoms with E-state index in [-0.39, 0.29) is 12.0 Å². The first-order valence-corrected chi connectivity index (χ1v) is 30.3. The van der Waals surface area contributed by atoms with Crippen LogP contribution in [0.3, 0.4) is 0 Å². The molecule has 0 saturated carbocycles. The number of hydrogen-bond donors (Lipinski definition) is 0. The van der Waals surface area contributed by atoms with Gasteiger partial charge in [-0.1, -0.05) is 67.6 Å². The average Bonchev–Trinajstić information content (AvgIpc) is 2.82. The zero-order valence-corrected chi connectivity index (χ0v) is 51.2. The molecule has 12 heteroatoms. The van der Waals surface area contributed by atoms with Crippen LogP contribution in [0.4, 0.5) is 61.2 Å². The van der Waals surface area contributed by atoms with Crippen LogP contribution in [0.15, 0.2) is 267 Å². The molecule has 0 bridgehead atoms. The fraction of sp³-hybridized carbons (Fsp3) is 0.120. The highest BCUT2D eigenvalue weighted by Crippen LogP contribution is 2.48. The predicted octanol–water partition coefficient (Wildman–Crippen LogP) is 20.5. The van der Waals surface area contributed by atoms with Crippen molar-refractivity contribution in [1.29, 1.82) is 0 Å². The third kappa shape index (κ3) is 12.4. The number of hydrogen-bond acceptors (Lipinski definition) is 12. The summed E-state index contributed by atoms with van der Waals surface area (Å²) in [7, 11) is 10.2. The maximum Gasteiger partial charge on any atom is 0.119 e. The normalized spacial score (nSPS) is 13.5. The predicted molar refractivity (Wildman–Crippen MR) is 361 cm³/mol. The van der Waals surface area contributed by atoms with Crippen molar-refractivity contribution in [2.75, 3.05) is 62.3 Å². The van der Waals surface area contributed by atoms with Crippen molar-refractivity contribution < 1.29 is 28.4 Å². The molecule has 9 aromatic carbocycles. The Morgan fingerprint density at radius 1 is 0.287 bits per heavy atom. The Labute approximate surface area is 517 Å². The Morgan fingerprint density at radius 2 is 0.540 bits per heavy atom. The van der Waals surface area contributed by atoms with Crippen molar-refractivity contribution in [3.05, 3.63) is 267 Å². The van der Waals surface area contributed by atoms with E-state index in [1.54, 1.807) is 65.3 Å². The second kappa shape index (κ2) is 26.1. The molecule has 0 spiro atoms. The number of rotatable bonds is 21. The lowest BCUT2D eigenvalue weighted by molar-refractivity contribution is 0.111. The van der Waals surface area contributed by atoms with Gasteiger partial charge in [0.25, 0.3) is 0 Å². The number of anilines is 11. The van der Waals surface area contributed by atoms with Crippen LogP contribution in [0.2, 0.25) is 0 Å². The molecule has 0 radical (unpaired) electrons. The topological polar surface area (TPSA) is 68.3 Å². The Kier molecular flexibility index (Phi) is 17.2. The van der Waals surface area contributed by atoms with Crippen LogP contribution in [-0.2, 0) is 4.74 Å². The molecule has 11 aromatic rings. The molecule has 0 fully saturated rings. The van der Waals surface area contributed by atoms with E-state index in [1.807, 2.05) is 60.7 Å². The molecular formula is C75H66N4O6S2. The summed E-state index contributed by atoms with van der Waals surface area (Å²) in [5.41, 5.74) is 14.8. The van der Waals surface area contributed by atoms with Crippen LogP contribution in [-0.4, -0.2) is 48.8 Å². The summed E-state index contributed by atoms with van der Waals surface area (Å²) in [6.07, 6.45) is 6.60. The minimum atomic E-state index is 0.0321. The van der Waals surface area contributed by atoms with E-state index < -0.39 is 0 Å². The summed E-state index contributed by atoms with van der Waals surface area (Å²) in [6.45, 7) is 2.19. The fourth-order valence-electron chi connectivity index (χ4n) is 11.0. The molecule has 2 aromatic heterocycles. The van der Waals surface area contributed by atoms with Crippen LogP contribution >= 0.6 is 22.7 Å². The smallest absolute Gasteiger partial charge is 0.119 e. The number of benzene rings is 9. The lowest BCUT2D eigenvalue weighted by atomic mass is 9.96. The zero-order chi connectivity index (χ0) is 59.8. The molecule has 2 atom stereocenters. The monoisotopic (exact) mass is 1180 g/mol. The third-order valence-corrected chi connectivity index (χ3v) is 18.0. The summed E-state index contributed by atoms with van der Waals surface area (Å²) in [4.78, 5) is 11.5. The second-order valence-corrected chi connectivity index (χ2v) is 22.9. The average molecular weight is 1180 g/mol. The van der Waals surface area contributed by atoms with Gasteiger partial charge in [-0.3, -0.25) is 0 Å². The van der Waals surface area contributed by atoms with Crippen molar-refractivity contribution in [2.24, 2.45) is 5.92 Å². The van der Waals surface area contributed by atoms with E-state index >= 15 is 0 Å². The van der Waals surface area contributed by atoms with Crippen LogP contribution in [0.5, 0.6) is 28.7 Å². The van der Waals surface area contributed by atoms with Gasteiger partial charge in [-0.05, 0) is 222 Å². The van der Waals surface area contributed by atoms with Gasteiger partial charge in [0.2, 0.25) is 0 Å². The molecule has 0 N–H and O–H groups in total. The molecule has 2 unspecified atom stereocenters. The number of ether oxygens (including phenoxy) is 6. The van der Waals surface area contributed by atoms with Gasteiger partial charge in [0, 0.05) is 79.7 Å². The van der Waals surface area contributed by atoms with Gasteiger partial charge in [0.15, 0.2) is 0 Å². The minimum Gasteiger partial charge on any atom is -0.497 e. The standard InChI is InChI=1S/C75H66N4O6S2/c1-51-50-65(34-45-71(51)85-7)77(60-28-39-68(82-4)40-29-60)57-18-10-53(11-19-57)55-14-22-62(23-15-55)79(64-32-43-70(84-6)44-33-64)75-49-47-73(87-75)72-46-48-74(86-72)78(63-30-41-69(83-5)42-31-63)61-20-12-54(13-21-61)52-8-16-56(17-9-52)76(58-24-35-66(80-2)36-25-58)59-26-37-67(81-3)38-27-59/h8-51,71H,1-7H3. The lowest BCUT2D eigenvalue weighted by Gasteiger charge is -2.31. The highest BCUT2D eigenvalue weighted by Gasteiger charge is 2.24. The maximum absolute atomic E-state index is 5.73. The van der Waals surface area contributed by atoms with Gasteiger partial charge in [0.1, 0.15) is 38.7 Å². The summed E-state index contributed by atoms with van der Waals surface area (Å²) < 4.78 is 33.4. The third-order valence-electron chi connectivity index (χ3n) is 15.6. The highest BCUT2D eigenvalue weighted by atomic mass is 32.1. The van der Waals surface area contributed by atoms with Gasteiger partial charge < -0.3 is 48.0 Å². The van der Waals surface area contributed by atoms with Gasteiger partial charge >= 0.3 is 0 Å². The van der Waals surface area contributed by atoms with Gasteiger partial charge in [-0.2, -0.15) is 0 Å². The quantitative estimate of drug-likeness (QED) is 0.0695. The first kappa shape index (κ1) is 57.5. The minimum absolute atomic E-state index is 0.0321. The van der Waals surface area contributed by atoms with Crippen molar-refractivity contribution >= 4 is 83.9 Å². The molecule has 87 heavy (non-hydrogen) atoms. The Morgan fingerprint density at radius 3 is 0.793 bits per heavy atom. The van der Waals surface area contributed by atoms with Gasteiger partial charge in [-0.25, -0.2) is 0 Å². The Bertz CT molecular complexity index is 4060. The molecular weight excluding hydrogens is 1120 g/mol. The fourth-order valence-corrected chi connectivity index (χ4v) is 13.1. The SMILES string of the molecule is COc1ccc(N(C2=CC(C)C(OC)C=C2)c2ccc(-c3ccc(N(c4ccc(OC)cc4)c4ccc(-c5ccc(N(c6ccc(OC)cc6)c6ccc(-c7ccc(N(c8ccc(OC)cc8)c8ccc(OC)cc8)cc7)cc6)s5)s4)cc3)cc2)cc1. The zero-order valence-electron chi connectivity index (χ0n) is 49.5. The van der Waals surface area contributed by atoms with E-state index in [9.17, 15) is 0 Å². The Hall–Kier alpha value is -9.98. The van der Waals surface area contributed by atoms with Crippen LogP contribution in [0.1, 0.15) is 6.92 Å². The summed E-state index contributed by atoms with van der Waals surface area (Å²) >= 11 is 3.53. The number of allylic oxidation sites excluding steroid dienone is 1. The van der Waals surface area contributed by atoms with E-state index in [4.69, 9.17) is 28.4 Å². The van der Waals surface area contributed by atoms with Gasteiger partial charge in [-0.15, -0.1) is 22.7 Å². The van der Waals surface area contributed by atoms with E-state index in [1.165, 1.54) is 9.75 Å². The van der Waals surface area contributed by atoms with Crippen LogP contribution < -0.4 is 43.3 Å². The van der Waals surface area contributed by atoms with E-state index in [2.05, 4.69) is 227 Å².